The largest absolute Gasteiger partial charge is 0.444 e. The fourth-order valence-corrected chi connectivity index (χ4v) is 2.82. The van der Waals surface area contributed by atoms with Crippen LogP contribution in [0.3, 0.4) is 0 Å². The summed E-state index contributed by atoms with van der Waals surface area (Å²) in [5.41, 5.74) is -0.528. The van der Waals surface area contributed by atoms with E-state index in [1.54, 1.807) is 0 Å². The fourth-order valence-electron chi connectivity index (χ4n) is 1.97. The second-order valence-electron chi connectivity index (χ2n) is 5.72. The van der Waals surface area contributed by atoms with E-state index in [4.69, 9.17) is 4.74 Å². The van der Waals surface area contributed by atoms with Crippen molar-refractivity contribution in [3.8, 4) is 0 Å². The van der Waals surface area contributed by atoms with Gasteiger partial charge in [-0.1, -0.05) is 0 Å². The highest BCUT2D eigenvalue weighted by molar-refractivity contribution is 7.11. The number of aliphatic hydroxyl groups is 1. The Morgan fingerprint density at radius 2 is 2.11 bits per heavy atom. The standard InChI is InChI=1S/C12H19N3O3S/c1-7-13-14-10(19-7)8-5-15(6-9(8)16)11(17)18-12(2,3)4/h8-9,16H,5-6H2,1-4H3. The molecule has 1 fully saturated rings. The molecule has 0 aromatic carbocycles. The average Bonchev–Trinajstić information content (AvgIpc) is 2.82. The van der Waals surface area contributed by atoms with Crippen molar-refractivity contribution in [3.05, 3.63) is 10.0 Å². The van der Waals surface area contributed by atoms with Gasteiger partial charge in [-0.15, -0.1) is 21.5 Å². The molecular weight excluding hydrogens is 266 g/mol. The third-order valence-corrected chi connectivity index (χ3v) is 3.77. The molecule has 2 atom stereocenters. The number of hydrogen-bond donors (Lipinski definition) is 1. The summed E-state index contributed by atoms with van der Waals surface area (Å²) in [5.74, 6) is -0.168. The molecule has 0 bridgehead atoms. The minimum Gasteiger partial charge on any atom is -0.444 e. The van der Waals surface area contributed by atoms with Crippen LogP contribution in [0, 0.1) is 6.92 Å². The van der Waals surface area contributed by atoms with Crippen LogP contribution in [0.5, 0.6) is 0 Å². The number of likely N-dealkylation sites (tertiary alicyclic amines) is 1. The van der Waals surface area contributed by atoms with Crippen molar-refractivity contribution in [2.75, 3.05) is 13.1 Å². The van der Waals surface area contributed by atoms with Gasteiger partial charge in [0.15, 0.2) is 0 Å². The van der Waals surface area contributed by atoms with E-state index < -0.39 is 17.8 Å². The molecule has 7 heteroatoms. The molecule has 19 heavy (non-hydrogen) atoms. The minimum absolute atomic E-state index is 0.168. The molecule has 1 aromatic rings. The third kappa shape index (κ3) is 3.42. The van der Waals surface area contributed by atoms with Gasteiger partial charge in [0.1, 0.15) is 15.6 Å². The zero-order valence-corrected chi connectivity index (χ0v) is 12.4. The smallest absolute Gasteiger partial charge is 0.410 e. The van der Waals surface area contributed by atoms with E-state index in [1.165, 1.54) is 16.2 Å². The Morgan fingerprint density at radius 3 is 2.63 bits per heavy atom. The number of hydrogen-bond acceptors (Lipinski definition) is 6. The van der Waals surface area contributed by atoms with Crippen LogP contribution in [0.2, 0.25) is 0 Å². The number of nitrogens with zero attached hydrogens (tertiary/aromatic N) is 3. The Bertz CT molecular complexity index is 469. The minimum atomic E-state index is -0.611. The van der Waals surface area contributed by atoms with Gasteiger partial charge in [-0.05, 0) is 27.7 Å². The molecule has 0 saturated carbocycles. The molecule has 106 valence electrons. The van der Waals surface area contributed by atoms with Gasteiger partial charge in [0.25, 0.3) is 0 Å². The van der Waals surface area contributed by atoms with E-state index >= 15 is 0 Å². The SMILES string of the molecule is Cc1nnc(C2CN(C(=O)OC(C)(C)C)CC2O)s1. The van der Waals surface area contributed by atoms with Crippen LogP contribution >= 0.6 is 11.3 Å². The maximum absolute atomic E-state index is 11.9. The number of amides is 1. The van der Waals surface area contributed by atoms with Crippen LogP contribution in [0.4, 0.5) is 4.79 Å². The van der Waals surface area contributed by atoms with E-state index in [-0.39, 0.29) is 12.5 Å². The van der Waals surface area contributed by atoms with E-state index in [9.17, 15) is 9.90 Å². The van der Waals surface area contributed by atoms with Gasteiger partial charge >= 0.3 is 6.09 Å². The van der Waals surface area contributed by atoms with E-state index in [0.29, 0.717) is 6.54 Å². The zero-order valence-electron chi connectivity index (χ0n) is 11.6. The molecule has 0 radical (unpaired) electrons. The molecule has 2 heterocycles. The second kappa shape index (κ2) is 5.05. The summed E-state index contributed by atoms with van der Waals surface area (Å²) < 4.78 is 5.30. The number of carbonyl (C=O) groups is 1. The molecule has 1 N–H and O–H groups in total. The monoisotopic (exact) mass is 285 g/mol. The number of rotatable bonds is 1. The summed E-state index contributed by atoms with van der Waals surface area (Å²) in [7, 11) is 0. The highest BCUT2D eigenvalue weighted by Gasteiger charge is 2.38. The highest BCUT2D eigenvalue weighted by atomic mass is 32.1. The van der Waals surface area contributed by atoms with Crippen molar-refractivity contribution in [1.29, 1.82) is 0 Å². The lowest BCUT2D eigenvalue weighted by Gasteiger charge is -2.24. The molecule has 1 amide bonds. The van der Waals surface area contributed by atoms with Crippen molar-refractivity contribution >= 4 is 17.4 Å². The van der Waals surface area contributed by atoms with Crippen LogP contribution in [0.25, 0.3) is 0 Å². The Balaban J connectivity index is 2.03. The molecule has 1 aromatic heterocycles. The topological polar surface area (TPSA) is 75.6 Å². The van der Waals surface area contributed by atoms with Crippen molar-refractivity contribution in [3.63, 3.8) is 0 Å². The molecule has 1 aliphatic heterocycles. The molecule has 2 unspecified atom stereocenters. The molecule has 1 aliphatic rings. The fraction of sp³-hybridized carbons (Fsp3) is 0.750. The van der Waals surface area contributed by atoms with E-state index in [0.717, 1.165) is 10.0 Å². The van der Waals surface area contributed by atoms with Crippen LogP contribution in [-0.2, 0) is 4.74 Å². The first-order valence-corrected chi connectivity index (χ1v) is 7.04. The lowest BCUT2D eigenvalue weighted by atomic mass is 10.1. The lowest BCUT2D eigenvalue weighted by molar-refractivity contribution is 0.0270. The first-order valence-electron chi connectivity index (χ1n) is 6.22. The van der Waals surface area contributed by atoms with Crippen LogP contribution in [-0.4, -0.2) is 51.1 Å². The van der Waals surface area contributed by atoms with Gasteiger partial charge in [0.2, 0.25) is 0 Å². The first kappa shape index (κ1) is 14.2. The molecule has 0 spiro atoms. The van der Waals surface area contributed by atoms with Gasteiger partial charge < -0.3 is 14.7 Å². The highest BCUT2D eigenvalue weighted by Crippen LogP contribution is 2.30. The number of β-amino-alcohol motifs (C(OH)–C–C–N with tert-alkyl or cyclic N) is 1. The summed E-state index contributed by atoms with van der Waals surface area (Å²) in [4.78, 5) is 13.5. The van der Waals surface area contributed by atoms with Gasteiger partial charge in [-0.3, -0.25) is 0 Å². The van der Waals surface area contributed by atoms with Gasteiger partial charge in [0, 0.05) is 6.54 Å². The van der Waals surface area contributed by atoms with Crippen molar-refractivity contribution in [2.24, 2.45) is 0 Å². The van der Waals surface area contributed by atoms with Crippen molar-refractivity contribution < 1.29 is 14.6 Å². The Hall–Kier alpha value is -1.21. The zero-order chi connectivity index (χ0) is 14.2. The normalized spacial score (nSPS) is 23.7. The Morgan fingerprint density at radius 1 is 1.42 bits per heavy atom. The first-order chi connectivity index (χ1) is 8.76. The predicted octanol–water partition coefficient (Wildman–Crippen LogP) is 1.54. The maximum atomic E-state index is 11.9. The van der Waals surface area contributed by atoms with Crippen molar-refractivity contribution in [1.82, 2.24) is 15.1 Å². The average molecular weight is 285 g/mol. The van der Waals surface area contributed by atoms with E-state index in [1.807, 2.05) is 27.7 Å². The summed E-state index contributed by atoms with van der Waals surface area (Å²) in [6.07, 6.45) is -1.00. The number of aromatic nitrogens is 2. The van der Waals surface area contributed by atoms with Crippen LogP contribution in [0.1, 0.15) is 36.7 Å². The summed E-state index contributed by atoms with van der Waals surface area (Å²) in [6, 6.07) is 0. The predicted molar refractivity (Wildman–Crippen MR) is 71.2 cm³/mol. The molecular formula is C12H19N3O3S. The van der Waals surface area contributed by atoms with Gasteiger partial charge in [-0.25, -0.2) is 4.79 Å². The molecule has 2 rings (SSSR count). The number of ether oxygens (including phenoxy) is 1. The van der Waals surface area contributed by atoms with Crippen LogP contribution in [0.15, 0.2) is 0 Å². The maximum Gasteiger partial charge on any atom is 0.410 e. The summed E-state index contributed by atoms with van der Waals surface area (Å²) in [6.45, 7) is 8.03. The number of aliphatic hydroxyl groups excluding tert-OH is 1. The number of carbonyl (C=O) groups excluding carboxylic acids is 1. The van der Waals surface area contributed by atoms with Gasteiger partial charge in [0.05, 0.1) is 18.6 Å². The summed E-state index contributed by atoms with van der Waals surface area (Å²) >= 11 is 1.45. The lowest BCUT2D eigenvalue weighted by Crippen LogP contribution is -2.35. The summed E-state index contributed by atoms with van der Waals surface area (Å²) in [5, 5.41) is 19.7. The Kier molecular flexibility index (Phi) is 3.78. The molecule has 1 saturated heterocycles. The molecule has 6 nitrogen and oxygen atoms in total. The quantitative estimate of drug-likeness (QED) is 0.847. The van der Waals surface area contributed by atoms with Gasteiger partial charge in [-0.2, -0.15) is 0 Å². The van der Waals surface area contributed by atoms with Crippen molar-refractivity contribution in [2.45, 2.75) is 45.3 Å². The Labute approximate surface area is 116 Å². The van der Waals surface area contributed by atoms with E-state index in [2.05, 4.69) is 10.2 Å². The number of aryl methyl sites for hydroxylation is 1. The molecule has 0 aliphatic carbocycles. The third-order valence-electron chi connectivity index (χ3n) is 2.80. The van der Waals surface area contributed by atoms with Crippen LogP contribution < -0.4 is 0 Å². The second-order valence-corrected chi connectivity index (χ2v) is 6.93.